The Morgan fingerprint density at radius 3 is 2.61 bits per heavy atom. The number of hydrogen-bond donors (Lipinski definition) is 1. The minimum Gasteiger partial charge on any atom is -0.391 e. The SMILES string of the molecule is CC1(C)CC(O)CN1C(=O)c1ccc(F)cc1F. The lowest BCUT2D eigenvalue weighted by molar-refractivity contribution is 0.0636. The second-order valence-electron chi connectivity index (χ2n) is 5.21. The molecule has 3 nitrogen and oxygen atoms in total. The van der Waals surface area contributed by atoms with Crippen LogP contribution in [0, 0.1) is 11.6 Å². The van der Waals surface area contributed by atoms with Crippen molar-refractivity contribution in [3.63, 3.8) is 0 Å². The molecule has 0 spiro atoms. The van der Waals surface area contributed by atoms with Crippen LogP contribution in [0.2, 0.25) is 0 Å². The molecule has 1 saturated heterocycles. The number of benzene rings is 1. The summed E-state index contributed by atoms with van der Waals surface area (Å²) < 4.78 is 26.4. The Kier molecular flexibility index (Phi) is 3.11. The summed E-state index contributed by atoms with van der Waals surface area (Å²) in [5.74, 6) is -2.11. The molecule has 0 aliphatic carbocycles. The number of amides is 1. The van der Waals surface area contributed by atoms with Crippen LogP contribution >= 0.6 is 0 Å². The summed E-state index contributed by atoms with van der Waals surface area (Å²) in [4.78, 5) is 13.6. The first-order valence-corrected chi connectivity index (χ1v) is 5.76. The average Bonchev–Trinajstić information content (AvgIpc) is 2.51. The molecule has 1 atom stereocenters. The van der Waals surface area contributed by atoms with Crippen molar-refractivity contribution in [3.8, 4) is 0 Å². The Hall–Kier alpha value is -1.49. The van der Waals surface area contributed by atoms with Gasteiger partial charge < -0.3 is 10.0 Å². The van der Waals surface area contributed by atoms with Gasteiger partial charge in [0.2, 0.25) is 0 Å². The molecule has 0 aromatic heterocycles. The molecule has 1 aromatic carbocycles. The van der Waals surface area contributed by atoms with E-state index < -0.39 is 29.2 Å². The molecular formula is C13H15F2NO2. The number of carbonyl (C=O) groups is 1. The number of β-amino-alcohol motifs (C(OH)–C–C–N with tert-alkyl or cyclic N) is 1. The normalized spacial score (nSPS) is 22.3. The molecular weight excluding hydrogens is 240 g/mol. The van der Waals surface area contributed by atoms with Crippen molar-refractivity contribution >= 4 is 5.91 Å². The predicted octanol–water partition coefficient (Wildman–Crippen LogP) is 1.95. The number of halogens is 2. The minimum atomic E-state index is -0.878. The van der Waals surface area contributed by atoms with Gasteiger partial charge in [0.1, 0.15) is 11.6 Å². The summed E-state index contributed by atoms with van der Waals surface area (Å²) in [6.07, 6.45) is -0.158. The van der Waals surface area contributed by atoms with E-state index in [1.807, 2.05) is 13.8 Å². The highest BCUT2D eigenvalue weighted by molar-refractivity contribution is 5.95. The van der Waals surface area contributed by atoms with Crippen molar-refractivity contribution in [3.05, 3.63) is 35.4 Å². The topological polar surface area (TPSA) is 40.5 Å². The zero-order valence-corrected chi connectivity index (χ0v) is 10.3. The fourth-order valence-corrected chi connectivity index (χ4v) is 2.38. The van der Waals surface area contributed by atoms with Crippen molar-refractivity contribution in [2.75, 3.05) is 6.54 Å². The van der Waals surface area contributed by atoms with Crippen molar-refractivity contribution < 1.29 is 18.7 Å². The highest BCUT2D eigenvalue weighted by atomic mass is 19.1. The quantitative estimate of drug-likeness (QED) is 0.833. The standard InChI is InChI=1S/C13H15F2NO2/c1-13(2)6-9(17)7-16(13)12(18)10-4-3-8(14)5-11(10)15/h3-5,9,17H,6-7H2,1-2H3. The largest absolute Gasteiger partial charge is 0.391 e. The second kappa shape index (κ2) is 4.31. The monoisotopic (exact) mass is 255 g/mol. The molecule has 18 heavy (non-hydrogen) atoms. The summed E-state index contributed by atoms with van der Waals surface area (Å²) in [6.45, 7) is 3.79. The molecule has 1 amide bonds. The van der Waals surface area contributed by atoms with E-state index in [0.29, 0.717) is 12.5 Å². The molecule has 1 aromatic rings. The van der Waals surface area contributed by atoms with Gasteiger partial charge in [0.05, 0.1) is 11.7 Å². The Morgan fingerprint density at radius 2 is 2.11 bits per heavy atom. The Morgan fingerprint density at radius 1 is 1.44 bits per heavy atom. The zero-order valence-electron chi connectivity index (χ0n) is 10.3. The second-order valence-corrected chi connectivity index (χ2v) is 5.21. The van der Waals surface area contributed by atoms with Crippen LogP contribution in [-0.4, -0.2) is 34.1 Å². The van der Waals surface area contributed by atoms with E-state index in [1.54, 1.807) is 0 Å². The summed E-state index contributed by atoms with van der Waals surface area (Å²) in [6, 6.07) is 2.87. The first-order valence-electron chi connectivity index (χ1n) is 5.76. The van der Waals surface area contributed by atoms with Crippen LogP contribution in [-0.2, 0) is 0 Å². The van der Waals surface area contributed by atoms with Gasteiger partial charge in [0, 0.05) is 18.2 Å². The third-order valence-corrected chi connectivity index (χ3v) is 3.27. The van der Waals surface area contributed by atoms with E-state index in [9.17, 15) is 18.7 Å². The molecule has 2 rings (SSSR count). The van der Waals surface area contributed by atoms with Gasteiger partial charge in [-0.1, -0.05) is 0 Å². The number of rotatable bonds is 1. The molecule has 98 valence electrons. The van der Waals surface area contributed by atoms with Crippen LogP contribution in [0.5, 0.6) is 0 Å². The highest BCUT2D eigenvalue weighted by Gasteiger charge is 2.41. The van der Waals surface area contributed by atoms with Crippen molar-refractivity contribution in [1.82, 2.24) is 4.90 Å². The predicted molar refractivity (Wildman–Crippen MR) is 62.1 cm³/mol. The number of nitrogens with zero attached hydrogens (tertiary/aromatic N) is 1. The molecule has 1 aliphatic heterocycles. The maximum atomic E-state index is 13.6. The lowest BCUT2D eigenvalue weighted by atomic mass is 10.0. The van der Waals surface area contributed by atoms with Gasteiger partial charge in [-0.05, 0) is 32.4 Å². The van der Waals surface area contributed by atoms with Gasteiger partial charge in [-0.25, -0.2) is 8.78 Å². The van der Waals surface area contributed by atoms with E-state index in [4.69, 9.17) is 0 Å². The molecule has 1 fully saturated rings. The van der Waals surface area contributed by atoms with Crippen molar-refractivity contribution in [2.45, 2.75) is 31.9 Å². The van der Waals surface area contributed by atoms with Crippen molar-refractivity contribution in [1.29, 1.82) is 0 Å². The van der Waals surface area contributed by atoms with Crippen LogP contribution in [0.3, 0.4) is 0 Å². The lowest BCUT2D eigenvalue weighted by Crippen LogP contribution is -2.43. The van der Waals surface area contributed by atoms with E-state index in [2.05, 4.69) is 0 Å². The van der Waals surface area contributed by atoms with Gasteiger partial charge in [0.15, 0.2) is 0 Å². The molecule has 1 aliphatic rings. The van der Waals surface area contributed by atoms with Crippen LogP contribution < -0.4 is 0 Å². The van der Waals surface area contributed by atoms with Crippen LogP contribution in [0.4, 0.5) is 8.78 Å². The number of hydrogen-bond acceptors (Lipinski definition) is 2. The summed E-state index contributed by atoms with van der Waals surface area (Å²) in [5, 5.41) is 9.60. The number of aliphatic hydroxyl groups excluding tert-OH is 1. The van der Waals surface area contributed by atoms with Crippen molar-refractivity contribution in [2.24, 2.45) is 0 Å². The first kappa shape index (κ1) is 13.0. The number of likely N-dealkylation sites (tertiary alicyclic amines) is 1. The molecule has 1 N–H and O–H groups in total. The maximum Gasteiger partial charge on any atom is 0.257 e. The molecule has 0 radical (unpaired) electrons. The van der Waals surface area contributed by atoms with Crippen LogP contribution in [0.25, 0.3) is 0 Å². The van der Waals surface area contributed by atoms with Gasteiger partial charge in [-0.15, -0.1) is 0 Å². The minimum absolute atomic E-state index is 0.168. The number of carbonyl (C=O) groups excluding carboxylic acids is 1. The van der Waals surface area contributed by atoms with E-state index in [1.165, 1.54) is 4.90 Å². The number of aliphatic hydroxyl groups is 1. The average molecular weight is 255 g/mol. The van der Waals surface area contributed by atoms with Gasteiger partial charge >= 0.3 is 0 Å². The Balaban J connectivity index is 2.32. The Labute approximate surface area is 104 Å². The lowest BCUT2D eigenvalue weighted by Gasteiger charge is -2.31. The summed E-state index contributed by atoms with van der Waals surface area (Å²) >= 11 is 0. The fraction of sp³-hybridized carbons (Fsp3) is 0.462. The zero-order chi connectivity index (χ0) is 13.5. The van der Waals surface area contributed by atoms with E-state index in [-0.39, 0.29) is 12.1 Å². The van der Waals surface area contributed by atoms with Gasteiger partial charge in [-0.2, -0.15) is 0 Å². The fourth-order valence-electron chi connectivity index (χ4n) is 2.38. The van der Waals surface area contributed by atoms with Gasteiger partial charge in [-0.3, -0.25) is 4.79 Å². The molecule has 1 heterocycles. The molecule has 1 unspecified atom stereocenters. The maximum absolute atomic E-state index is 13.6. The molecule has 0 saturated carbocycles. The van der Waals surface area contributed by atoms with Crippen LogP contribution in [0.1, 0.15) is 30.6 Å². The summed E-state index contributed by atoms with van der Waals surface area (Å²) in [7, 11) is 0. The Bertz CT molecular complexity index is 488. The van der Waals surface area contributed by atoms with Crippen LogP contribution in [0.15, 0.2) is 18.2 Å². The summed E-state index contributed by atoms with van der Waals surface area (Å²) in [5.41, 5.74) is -0.698. The van der Waals surface area contributed by atoms with E-state index >= 15 is 0 Å². The van der Waals surface area contributed by atoms with Gasteiger partial charge in [0.25, 0.3) is 5.91 Å². The molecule has 0 bridgehead atoms. The van der Waals surface area contributed by atoms with E-state index in [0.717, 1.165) is 12.1 Å². The highest BCUT2D eigenvalue weighted by Crippen LogP contribution is 2.30. The third-order valence-electron chi connectivity index (χ3n) is 3.27. The first-order chi connectivity index (χ1) is 8.31. The smallest absolute Gasteiger partial charge is 0.257 e. The molecule has 5 heteroatoms. The third kappa shape index (κ3) is 2.22.